The zero-order chi connectivity index (χ0) is 13.7. The molecule has 1 aliphatic rings. The van der Waals surface area contributed by atoms with E-state index in [1.165, 1.54) is 0 Å². The van der Waals surface area contributed by atoms with Gasteiger partial charge in [-0.25, -0.2) is 0 Å². The Balaban J connectivity index is 2.76. The van der Waals surface area contributed by atoms with Crippen molar-refractivity contribution in [1.82, 2.24) is 0 Å². The lowest BCUT2D eigenvalue weighted by molar-refractivity contribution is 0.466. The smallest absolute Gasteiger partial charge is 0.118 e. The summed E-state index contributed by atoms with van der Waals surface area (Å²) in [6.07, 6.45) is 3.62. The van der Waals surface area contributed by atoms with Gasteiger partial charge in [0.15, 0.2) is 0 Å². The molecule has 0 unspecified atom stereocenters. The van der Waals surface area contributed by atoms with Crippen molar-refractivity contribution < 1.29 is 8.42 Å². The largest absolute Gasteiger partial charge is 0.257 e. The minimum Gasteiger partial charge on any atom is -0.257 e. The van der Waals surface area contributed by atoms with E-state index in [1.807, 2.05) is 13.0 Å². The first kappa shape index (κ1) is 16.5. The third-order valence-electron chi connectivity index (χ3n) is 2.99. The molecule has 6 atom stereocenters. The van der Waals surface area contributed by atoms with Crippen molar-refractivity contribution in [2.75, 3.05) is 5.75 Å². The third kappa shape index (κ3) is 3.74. The van der Waals surface area contributed by atoms with E-state index in [-0.39, 0.29) is 15.1 Å². The van der Waals surface area contributed by atoms with Gasteiger partial charge < -0.3 is 0 Å². The van der Waals surface area contributed by atoms with Crippen LogP contribution in [0.25, 0.3) is 0 Å². The highest BCUT2D eigenvalue weighted by Crippen LogP contribution is 2.45. The van der Waals surface area contributed by atoms with Crippen molar-refractivity contribution in [3.8, 4) is 0 Å². The van der Waals surface area contributed by atoms with Crippen LogP contribution in [0, 0.1) is 11.8 Å². The number of hydrogen-bond acceptors (Lipinski definition) is 4. The normalized spacial score (nSPS) is 38.1. The van der Waals surface area contributed by atoms with Crippen LogP contribution in [0.2, 0.25) is 0 Å². The van der Waals surface area contributed by atoms with Crippen LogP contribution in [0.3, 0.4) is 0 Å². The first-order valence-electron chi connectivity index (χ1n) is 5.85. The maximum absolute atomic E-state index is 12.5. The molecule has 104 valence electrons. The van der Waals surface area contributed by atoms with Gasteiger partial charge in [0, 0.05) is 5.75 Å². The molecule has 0 aliphatic carbocycles. The molecule has 0 spiro atoms. The summed E-state index contributed by atoms with van der Waals surface area (Å²) in [5.74, 6) is 1.40. The molecular weight excluding hydrogens is 304 g/mol. The lowest BCUT2D eigenvalue weighted by Crippen LogP contribution is -2.22. The second-order valence-corrected chi connectivity index (χ2v) is 10.5. The molecule has 1 rings (SSSR count). The monoisotopic (exact) mass is 324 g/mol. The van der Waals surface area contributed by atoms with Gasteiger partial charge in [-0.05, 0) is 24.2 Å². The maximum atomic E-state index is 12.5. The van der Waals surface area contributed by atoms with Crippen LogP contribution in [0.4, 0.5) is 0 Å². The molecule has 0 aromatic heterocycles. The van der Waals surface area contributed by atoms with Crippen LogP contribution < -0.4 is 0 Å². The van der Waals surface area contributed by atoms with Crippen molar-refractivity contribution in [2.45, 2.75) is 29.9 Å². The van der Waals surface area contributed by atoms with E-state index < -0.39 is 21.6 Å². The van der Waals surface area contributed by atoms with Crippen molar-refractivity contribution in [3.05, 3.63) is 24.1 Å². The fraction of sp³-hybridized carbons (Fsp3) is 0.667. The zero-order valence-electron chi connectivity index (χ0n) is 10.9. The molecule has 1 saturated heterocycles. The van der Waals surface area contributed by atoms with Gasteiger partial charge in [0.05, 0.1) is 26.2 Å². The highest BCUT2D eigenvalue weighted by Gasteiger charge is 2.47. The van der Waals surface area contributed by atoms with Gasteiger partial charge in [0.25, 0.3) is 0 Å². The molecule has 0 radical (unpaired) electrons. The number of allylic oxidation sites excluding steroid dienone is 1. The molecule has 0 N–H and O–H groups in total. The van der Waals surface area contributed by atoms with E-state index in [1.54, 1.807) is 33.1 Å². The molecule has 18 heavy (non-hydrogen) atoms. The Morgan fingerprint density at radius 2 is 2.06 bits per heavy atom. The number of rotatable bonds is 6. The molecule has 1 aliphatic heterocycles. The van der Waals surface area contributed by atoms with Crippen molar-refractivity contribution in [1.29, 1.82) is 0 Å². The fourth-order valence-corrected chi connectivity index (χ4v) is 10.1. The van der Waals surface area contributed by atoms with Crippen LogP contribution in [0.15, 0.2) is 24.1 Å². The second-order valence-electron chi connectivity index (χ2n) is 4.25. The molecule has 2 nitrogen and oxygen atoms in total. The quantitative estimate of drug-likeness (QED) is 0.425. The molecule has 0 aromatic rings. The standard InChI is InChI=1S/C12H20O2S4/c1-5-7-15-16-11-9(3)10(4)12(18(11)14)17(13)8-6-2/h5-6,8-12H,1,7H2,2-4H3/t9-,10-,11+,12+,17-,18+/m0/s1. The Labute approximate surface area is 123 Å². The predicted molar refractivity (Wildman–Crippen MR) is 87.2 cm³/mol. The van der Waals surface area contributed by atoms with E-state index in [0.717, 1.165) is 5.75 Å². The Bertz CT molecular complexity index is 367. The summed E-state index contributed by atoms with van der Waals surface area (Å²) in [5, 5.41) is 1.66. The molecule has 1 fully saturated rings. The summed E-state index contributed by atoms with van der Waals surface area (Å²) < 4.78 is 24.4. The SMILES string of the molecule is C=CCSS[C@H]1[C@@H](C)[C@H](C)[C@H]([S@@](=O)C=CC)[S@@]1=O. The summed E-state index contributed by atoms with van der Waals surface area (Å²) in [6, 6.07) is 0. The van der Waals surface area contributed by atoms with E-state index in [9.17, 15) is 8.42 Å². The second kappa shape index (κ2) is 7.92. The Kier molecular flexibility index (Phi) is 7.28. The van der Waals surface area contributed by atoms with Crippen molar-refractivity contribution in [3.63, 3.8) is 0 Å². The van der Waals surface area contributed by atoms with Gasteiger partial charge in [0.1, 0.15) is 4.58 Å². The topological polar surface area (TPSA) is 34.1 Å². The molecule has 1 heterocycles. The summed E-state index contributed by atoms with van der Waals surface area (Å²) >= 11 is 0. The molecule has 0 saturated carbocycles. The predicted octanol–water partition coefficient (Wildman–Crippen LogP) is 3.52. The zero-order valence-corrected chi connectivity index (χ0v) is 14.2. The maximum Gasteiger partial charge on any atom is 0.118 e. The van der Waals surface area contributed by atoms with Gasteiger partial charge >= 0.3 is 0 Å². The Hall–Kier alpha value is 0.480. The minimum absolute atomic E-state index is 0.0733. The summed E-state index contributed by atoms with van der Waals surface area (Å²) in [6.45, 7) is 9.70. The summed E-state index contributed by atoms with van der Waals surface area (Å²) in [7, 11) is 1.17. The molecule has 0 bridgehead atoms. The molecular formula is C12H20O2S4. The van der Waals surface area contributed by atoms with Crippen LogP contribution in [0.1, 0.15) is 20.8 Å². The average Bonchev–Trinajstić information content (AvgIpc) is 2.53. The number of hydrogen-bond donors (Lipinski definition) is 0. The molecule has 0 amide bonds. The lowest BCUT2D eigenvalue weighted by Gasteiger charge is -2.15. The highest BCUT2D eigenvalue weighted by atomic mass is 33.1. The Morgan fingerprint density at radius 1 is 1.39 bits per heavy atom. The van der Waals surface area contributed by atoms with Crippen molar-refractivity contribution >= 4 is 43.2 Å². The van der Waals surface area contributed by atoms with Crippen LogP contribution in [-0.4, -0.2) is 23.3 Å². The van der Waals surface area contributed by atoms with E-state index in [4.69, 9.17) is 0 Å². The van der Waals surface area contributed by atoms with Crippen LogP contribution in [0.5, 0.6) is 0 Å². The van der Waals surface area contributed by atoms with Crippen LogP contribution in [-0.2, 0) is 21.6 Å². The molecule has 0 aromatic carbocycles. The van der Waals surface area contributed by atoms with Gasteiger partial charge in [-0.15, -0.1) is 6.58 Å². The minimum atomic E-state index is -1.13. The lowest BCUT2D eigenvalue weighted by atomic mass is 10.0. The van der Waals surface area contributed by atoms with Crippen LogP contribution >= 0.6 is 21.6 Å². The van der Waals surface area contributed by atoms with Gasteiger partial charge in [-0.3, -0.25) is 8.42 Å². The van der Waals surface area contributed by atoms with E-state index in [0.29, 0.717) is 5.92 Å². The van der Waals surface area contributed by atoms with E-state index >= 15 is 0 Å². The molecule has 6 heteroatoms. The highest BCUT2D eigenvalue weighted by molar-refractivity contribution is 8.78. The van der Waals surface area contributed by atoms with Gasteiger partial charge in [0.2, 0.25) is 0 Å². The summed E-state index contributed by atoms with van der Waals surface area (Å²) in [5.41, 5.74) is 0. The third-order valence-corrected chi connectivity index (χ3v) is 11.1. The van der Waals surface area contributed by atoms with Gasteiger partial charge in [-0.2, -0.15) is 0 Å². The first-order chi connectivity index (χ1) is 8.54. The summed E-state index contributed by atoms with van der Waals surface area (Å²) in [4.78, 5) is 0. The fourth-order valence-electron chi connectivity index (χ4n) is 1.85. The van der Waals surface area contributed by atoms with Gasteiger partial charge in [-0.1, -0.05) is 47.6 Å². The van der Waals surface area contributed by atoms with E-state index in [2.05, 4.69) is 20.4 Å². The average molecular weight is 325 g/mol. The Morgan fingerprint density at radius 3 is 2.61 bits per heavy atom. The first-order valence-corrected chi connectivity index (χ1v) is 10.8. The van der Waals surface area contributed by atoms with Crippen molar-refractivity contribution in [2.24, 2.45) is 11.8 Å².